The van der Waals surface area contributed by atoms with Gasteiger partial charge in [0.2, 0.25) is 0 Å². The fourth-order valence-corrected chi connectivity index (χ4v) is 2.02. The summed E-state index contributed by atoms with van der Waals surface area (Å²) in [5, 5.41) is 13.1. The lowest BCUT2D eigenvalue weighted by molar-refractivity contribution is -0.384. The van der Waals surface area contributed by atoms with Crippen LogP contribution in [0, 0.1) is 10.1 Å². The van der Waals surface area contributed by atoms with Crippen LogP contribution < -0.4 is 5.32 Å². The Morgan fingerprint density at radius 3 is 2.68 bits per heavy atom. The molecule has 1 atom stereocenters. The molecule has 1 aromatic rings. The number of nitrogens with one attached hydrogen (secondary N) is 1. The van der Waals surface area contributed by atoms with Crippen molar-refractivity contribution in [3.05, 3.63) is 28.1 Å². The number of nitro groups is 1. The van der Waals surface area contributed by atoms with E-state index in [1.807, 2.05) is 0 Å². The van der Waals surface area contributed by atoms with E-state index in [0.29, 0.717) is 6.54 Å². The zero-order valence-electron chi connectivity index (χ0n) is 11.9. The Bertz CT molecular complexity index is 652. The standard InChI is InChI=1S/C12H14N4O6/c1-7(10(17)15-4-3-13-12(15)19)22-11(18)9-5-8(16(20)21)6-14(9)2/h5-7H,3-4H2,1-2H3,(H,13,19). The lowest BCUT2D eigenvalue weighted by atomic mass is 10.3. The first-order valence-electron chi connectivity index (χ1n) is 6.42. The maximum absolute atomic E-state index is 12.0. The number of urea groups is 1. The third-order valence-electron chi connectivity index (χ3n) is 3.16. The molecule has 1 saturated heterocycles. The van der Waals surface area contributed by atoms with Gasteiger partial charge in [-0.1, -0.05) is 0 Å². The summed E-state index contributed by atoms with van der Waals surface area (Å²) in [6.07, 6.45) is -0.0120. The molecular weight excluding hydrogens is 296 g/mol. The number of carbonyl (C=O) groups excluding carboxylic acids is 3. The van der Waals surface area contributed by atoms with Gasteiger partial charge in [0.25, 0.3) is 11.6 Å². The van der Waals surface area contributed by atoms with E-state index in [-0.39, 0.29) is 17.9 Å². The van der Waals surface area contributed by atoms with Gasteiger partial charge in [-0.2, -0.15) is 0 Å². The van der Waals surface area contributed by atoms with Crippen molar-refractivity contribution in [2.45, 2.75) is 13.0 Å². The van der Waals surface area contributed by atoms with Crippen LogP contribution >= 0.6 is 0 Å². The predicted molar refractivity (Wildman–Crippen MR) is 72.1 cm³/mol. The second-order valence-electron chi connectivity index (χ2n) is 4.72. The highest BCUT2D eigenvalue weighted by Gasteiger charge is 2.32. The molecule has 0 bridgehead atoms. The number of hydrogen-bond acceptors (Lipinski definition) is 6. The molecule has 0 spiro atoms. The Hall–Kier alpha value is -2.91. The Kier molecular flexibility index (Phi) is 4.11. The summed E-state index contributed by atoms with van der Waals surface area (Å²) in [4.78, 5) is 46.3. The number of rotatable bonds is 4. The lowest BCUT2D eigenvalue weighted by Crippen LogP contribution is -2.41. The van der Waals surface area contributed by atoms with Crippen molar-refractivity contribution < 1.29 is 24.0 Å². The van der Waals surface area contributed by atoms with Crippen molar-refractivity contribution in [3.8, 4) is 0 Å². The first-order valence-corrected chi connectivity index (χ1v) is 6.42. The van der Waals surface area contributed by atoms with Crippen molar-refractivity contribution in [2.75, 3.05) is 13.1 Å². The van der Waals surface area contributed by atoms with Gasteiger partial charge in [-0.15, -0.1) is 0 Å². The molecular formula is C12H14N4O6. The summed E-state index contributed by atoms with van der Waals surface area (Å²) in [5.41, 5.74) is -0.315. The summed E-state index contributed by atoms with van der Waals surface area (Å²) in [7, 11) is 1.45. The fourth-order valence-electron chi connectivity index (χ4n) is 2.02. The Labute approximate surface area is 124 Å². The maximum atomic E-state index is 12.0. The van der Waals surface area contributed by atoms with Crippen LogP contribution in [0.2, 0.25) is 0 Å². The number of hydrogen-bond donors (Lipinski definition) is 1. The van der Waals surface area contributed by atoms with E-state index in [2.05, 4.69) is 5.32 Å². The summed E-state index contributed by atoms with van der Waals surface area (Å²) in [6.45, 7) is 1.88. The van der Waals surface area contributed by atoms with Crippen LogP contribution in [0.25, 0.3) is 0 Å². The summed E-state index contributed by atoms with van der Waals surface area (Å²) < 4.78 is 6.22. The molecule has 10 heteroatoms. The molecule has 22 heavy (non-hydrogen) atoms. The average Bonchev–Trinajstić information content (AvgIpc) is 3.03. The summed E-state index contributed by atoms with van der Waals surface area (Å²) in [6, 6.07) is 0.518. The first kappa shape index (κ1) is 15.5. The zero-order chi connectivity index (χ0) is 16.4. The molecule has 1 N–H and O–H groups in total. The van der Waals surface area contributed by atoms with Crippen molar-refractivity contribution in [1.82, 2.24) is 14.8 Å². The van der Waals surface area contributed by atoms with Gasteiger partial charge in [0.15, 0.2) is 6.10 Å². The molecule has 1 aliphatic rings. The Morgan fingerprint density at radius 1 is 1.50 bits per heavy atom. The third-order valence-corrected chi connectivity index (χ3v) is 3.16. The summed E-state index contributed by atoms with van der Waals surface area (Å²) >= 11 is 0. The number of aryl methyl sites for hydroxylation is 1. The van der Waals surface area contributed by atoms with Gasteiger partial charge < -0.3 is 14.6 Å². The quantitative estimate of drug-likeness (QED) is 0.475. The minimum Gasteiger partial charge on any atom is -0.448 e. The van der Waals surface area contributed by atoms with Gasteiger partial charge >= 0.3 is 12.0 Å². The molecule has 1 unspecified atom stereocenters. The normalized spacial score (nSPS) is 15.4. The van der Waals surface area contributed by atoms with E-state index in [1.54, 1.807) is 0 Å². The van der Waals surface area contributed by atoms with Crippen LogP contribution in [0.3, 0.4) is 0 Å². The monoisotopic (exact) mass is 310 g/mol. The zero-order valence-corrected chi connectivity index (χ0v) is 11.9. The Morgan fingerprint density at radius 2 is 2.18 bits per heavy atom. The number of esters is 1. The van der Waals surface area contributed by atoms with Gasteiger partial charge in [0.1, 0.15) is 5.69 Å². The maximum Gasteiger partial charge on any atom is 0.355 e. The molecule has 1 aliphatic heterocycles. The molecule has 1 aromatic heterocycles. The number of amides is 3. The largest absolute Gasteiger partial charge is 0.448 e. The number of ether oxygens (including phenoxy) is 1. The van der Waals surface area contributed by atoms with E-state index in [0.717, 1.165) is 17.2 Å². The van der Waals surface area contributed by atoms with Crippen LogP contribution in [-0.2, 0) is 16.6 Å². The minimum absolute atomic E-state index is 0.0581. The molecule has 0 radical (unpaired) electrons. The first-order chi connectivity index (χ1) is 10.3. The van der Waals surface area contributed by atoms with Crippen molar-refractivity contribution in [2.24, 2.45) is 7.05 Å². The van der Waals surface area contributed by atoms with E-state index < -0.39 is 28.9 Å². The van der Waals surface area contributed by atoms with E-state index in [4.69, 9.17) is 4.74 Å². The van der Waals surface area contributed by atoms with Gasteiger partial charge in [-0.05, 0) is 6.92 Å². The number of aromatic nitrogens is 1. The molecule has 0 aliphatic carbocycles. The molecule has 2 heterocycles. The minimum atomic E-state index is -1.18. The van der Waals surface area contributed by atoms with Crippen LogP contribution in [0.15, 0.2) is 12.3 Å². The van der Waals surface area contributed by atoms with Crippen molar-refractivity contribution in [1.29, 1.82) is 0 Å². The Balaban J connectivity index is 2.06. The lowest BCUT2D eigenvalue weighted by Gasteiger charge is -2.18. The van der Waals surface area contributed by atoms with Crippen LogP contribution in [0.1, 0.15) is 17.4 Å². The van der Waals surface area contributed by atoms with Gasteiger partial charge in [0, 0.05) is 26.2 Å². The fraction of sp³-hybridized carbons (Fsp3) is 0.417. The molecule has 0 saturated carbocycles. The summed E-state index contributed by atoms with van der Waals surface area (Å²) in [5.74, 6) is -1.52. The molecule has 3 amide bonds. The highest BCUT2D eigenvalue weighted by Crippen LogP contribution is 2.17. The van der Waals surface area contributed by atoms with Gasteiger partial charge in [-0.25, -0.2) is 9.59 Å². The predicted octanol–water partition coefficient (Wildman–Crippen LogP) is 0.0304. The third kappa shape index (κ3) is 2.90. The molecule has 118 valence electrons. The van der Waals surface area contributed by atoms with Crippen molar-refractivity contribution in [3.63, 3.8) is 0 Å². The average molecular weight is 310 g/mol. The molecule has 0 aromatic carbocycles. The van der Waals surface area contributed by atoms with Gasteiger partial charge in [-0.3, -0.25) is 19.8 Å². The topological polar surface area (TPSA) is 124 Å². The van der Waals surface area contributed by atoms with Crippen LogP contribution in [-0.4, -0.2) is 51.5 Å². The van der Waals surface area contributed by atoms with Crippen molar-refractivity contribution >= 4 is 23.6 Å². The van der Waals surface area contributed by atoms with E-state index >= 15 is 0 Å². The number of nitrogens with zero attached hydrogens (tertiary/aromatic N) is 3. The second kappa shape index (κ2) is 5.84. The highest BCUT2D eigenvalue weighted by molar-refractivity contribution is 5.99. The smallest absolute Gasteiger partial charge is 0.355 e. The molecule has 1 fully saturated rings. The molecule has 10 nitrogen and oxygen atoms in total. The van der Waals surface area contributed by atoms with E-state index in [9.17, 15) is 24.5 Å². The number of imide groups is 1. The van der Waals surface area contributed by atoms with E-state index in [1.165, 1.54) is 18.5 Å². The van der Waals surface area contributed by atoms with Crippen LogP contribution in [0.5, 0.6) is 0 Å². The van der Waals surface area contributed by atoms with Crippen LogP contribution in [0.4, 0.5) is 10.5 Å². The second-order valence-corrected chi connectivity index (χ2v) is 4.72. The number of carbonyl (C=O) groups is 3. The SMILES string of the molecule is CC(OC(=O)c1cc([N+](=O)[O-])cn1C)C(=O)N1CCNC1=O. The highest BCUT2D eigenvalue weighted by atomic mass is 16.6. The molecule has 2 rings (SSSR count). The van der Waals surface area contributed by atoms with Gasteiger partial charge in [0.05, 0.1) is 11.1 Å².